The number of halogens is 2. The molecule has 2 atom stereocenters. The van der Waals surface area contributed by atoms with Gasteiger partial charge in [-0.1, -0.05) is 25.4 Å². The highest BCUT2D eigenvalue weighted by molar-refractivity contribution is 7.18. The van der Waals surface area contributed by atoms with E-state index in [1.807, 2.05) is 0 Å². The SMILES string of the molecule is CC(C)[C@@H](NCC(=O)N(C[C@H]1CN(c2ccc(N3CCOCC3=O)cc2)C(=O)O1)C(=O)c1ccc(Cl)s1)C(=O)O.Cl. The molecule has 2 aromatic rings. The lowest BCUT2D eigenvalue weighted by molar-refractivity contribution is -0.141. The summed E-state index contributed by atoms with van der Waals surface area (Å²) in [6, 6.07) is 8.84. The van der Waals surface area contributed by atoms with E-state index in [0.29, 0.717) is 28.9 Å². The van der Waals surface area contributed by atoms with Crippen LogP contribution in [0.1, 0.15) is 23.5 Å². The van der Waals surface area contributed by atoms with Crippen LogP contribution < -0.4 is 15.1 Å². The minimum absolute atomic E-state index is 0. The summed E-state index contributed by atoms with van der Waals surface area (Å²) >= 11 is 6.99. The van der Waals surface area contributed by atoms with Crippen LogP contribution in [0.2, 0.25) is 4.34 Å². The van der Waals surface area contributed by atoms with Gasteiger partial charge in [0.05, 0.1) is 35.5 Å². The van der Waals surface area contributed by atoms with E-state index < -0.39 is 42.6 Å². The highest BCUT2D eigenvalue weighted by atomic mass is 35.5. The van der Waals surface area contributed by atoms with Gasteiger partial charge in [-0.05, 0) is 42.3 Å². The van der Waals surface area contributed by atoms with Crippen molar-refractivity contribution in [3.05, 3.63) is 45.6 Å². The lowest BCUT2D eigenvalue weighted by Gasteiger charge is -2.27. The fourth-order valence-electron chi connectivity index (χ4n) is 4.40. The Balaban J connectivity index is 0.00000462. The number of hydrogen-bond acceptors (Lipinski definition) is 9. The van der Waals surface area contributed by atoms with Crippen LogP contribution in [-0.2, 0) is 23.9 Å². The van der Waals surface area contributed by atoms with Gasteiger partial charge < -0.3 is 19.5 Å². The molecule has 0 spiro atoms. The van der Waals surface area contributed by atoms with Crippen LogP contribution in [0.3, 0.4) is 0 Å². The average molecular weight is 630 g/mol. The Morgan fingerprint density at radius 3 is 2.34 bits per heavy atom. The predicted molar refractivity (Wildman–Crippen MR) is 154 cm³/mol. The number of benzene rings is 1. The third-order valence-corrected chi connectivity index (χ3v) is 7.67. The van der Waals surface area contributed by atoms with E-state index in [-0.39, 0.29) is 48.8 Å². The van der Waals surface area contributed by atoms with Crippen molar-refractivity contribution in [3.63, 3.8) is 0 Å². The molecule has 2 fully saturated rings. The monoisotopic (exact) mass is 628 g/mol. The second kappa shape index (κ2) is 14.1. The van der Waals surface area contributed by atoms with Gasteiger partial charge in [0, 0.05) is 17.9 Å². The third kappa shape index (κ3) is 7.74. The molecule has 1 aromatic carbocycles. The van der Waals surface area contributed by atoms with E-state index in [0.717, 1.165) is 16.2 Å². The van der Waals surface area contributed by atoms with Gasteiger partial charge in [-0.2, -0.15) is 0 Å². The van der Waals surface area contributed by atoms with Gasteiger partial charge in [-0.3, -0.25) is 34.3 Å². The zero-order valence-corrected chi connectivity index (χ0v) is 24.7. The first-order valence-corrected chi connectivity index (χ1v) is 13.8. The number of nitrogens with one attached hydrogen (secondary N) is 1. The smallest absolute Gasteiger partial charge is 0.414 e. The van der Waals surface area contributed by atoms with Gasteiger partial charge in [0.15, 0.2) is 0 Å². The molecule has 12 nitrogen and oxygen atoms in total. The number of amides is 4. The first-order valence-electron chi connectivity index (χ1n) is 12.6. The highest BCUT2D eigenvalue weighted by Crippen LogP contribution is 2.27. The second-order valence-electron chi connectivity index (χ2n) is 9.58. The standard InChI is InChI=1S/C26H29ClN4O8S.ClH/c1-15(2)23(25(35)36)28-11-21(32)31(24(34)19-7-8-20(27)40-19)13-18-12-30(26(37)39-18)17-5-3-16(4-6-17)29-9-10-38-14-22(29)33;/h3-8,15,18,23,28H,9-14H2,1-2H3,(H,35,36);1H/t18-,23-;/m1./s1. The molecule has 0 unspecified atom stereocenters. The molecule has 222 valence electrons. The zero-order chi connectivity index (χ0) is 29.0. The minimum atomic E-state index is -1.12. The topological polar surface area (TPSA) is 146 Å². The second-order valence-corrected chi connectivity index (χ2v) is 11.3. The normalized spacial score (nSPS) is 17.7. The molecule has 2 saturated heterocycles. The van der Waals surface area contributed by atoms with E-state index in [4.69, 9.17) is 21.1 Å². The van der Waals surface area contributed by atoms with Gasteiger partial charge in [-0.25, -0.2) is 4.79 Å². The quantitative estimate of drug-likeness (QED) is 0.405. The van der Waals surface area contributed by atoms with Crippen LogP contribution in [0.4, 0.5) is 16.2 Å². The molecule has 2 N–H and O–H groups in total. The van der Waals surface area contributed by atoms with Gasteiger partial charge in [0.2, 0.25) is 5.91 Å². The number of thiophene rings is 1. The van der Waals surface area contributed by atoms with E-state index in [1.54, 1.807) is 43.0 Å². The first kappa shape index (κ1) is 32.3. The fraction of sp³-hybridized carbons (Fsp3) is 0.423. The van der Waals surface area contributed by atoms with E-state index >= 15 is 0 Å². The predicted octanol–water partition coefficient (Wildman–Crippen LogP) is 2.88. The van der Waals surface area contributed by atoms with E-state index in [9.17, 15) is 29.1 Å². The molecule has 0 aliphatic carbocycles. The number of carbonyl (C=O) groups is 5. The number of anilines is 2. The molecular formula is C26H30Cl2N4O8S. The third-order valence-electron chi connectivity index (χ3n) is 6.46. The first-order chi connectivity index (χ1) is 19.0. The van der Waals surface area contributed by atoms with Gasteiger partial charge in [0.1, 0.15) is 18.8 Å². The van der Waals surface area contributed by atoms with Gasteiger partial charge >= 0.3 is 12.1 Å². The Bertz CT molecular complexity index is 1290. The molecule has 0 saturated carbocycles. The molecule has 4 amide bonds. The number of carboxylic acid groups (broad SMARTS) is 1. The van der Waals surface area contributed by atoms with Crippen LogP contribution in [0, 0.1) is 5.92 Å². The summed E-state index contributed by atoms with van der Waals surface area (Å²) < 4.78 is 11.0. The van der Waals surface area contributed by atoms with E-state index in [1.165, 1.54) is 17.0 Å². The van der Waals surface area contributed by atoms with Crippen molar-refractivity contribution < 1.29 is 38.6 Å². The number of morpholine rings is 1. The number of hydrogen-bond donors (Lipinski definition) is 2. The maximum absolute atomic E-state index is 13.3. The number of carbonyl (C=O) groups excluding carboxylic acids is 4. The minimum Gasteiger partial charge on any atom is -0.480 e. The van der Waals surface area contributed by atoms with Crippen LogP contribution >= 0.6 is 35.3 Å². The Hall–Kier alpha value is -3.23. The Morgan fingerprint density at radius 2 is 1.78 bits per heavy atom. The van der Waals surface area contributed by atoms with Gasteiger partial charge in [-0.15, -0.1) is 23.7 Å². The summed E-state index contributed by atoms with van der Waals surface area (Å²) in [5, 5.41) is 12.1. The fourth-order valence-corrected chi connectivity index (χ4v) is 5.39. The molecule has 3 heterocycles. The summed E-state index contributed by atoms with van der Waals surface area (Å²) in [5.74, 6) is -2.87. The maximum Gasteiger partial charge on any atom is 0.414 e. The van der Waals surface area contributed by atoms with Crippen molar-refractivity contribution in [2.24, 2.45) is 5.92 Å². The number of aliphatic carboxylic acids is 1. The molecule has 0 radical (unpaired) electrons. The Labute approximate surface area is 251 Å². The molecule has 15 heteroatoms. The molecule has 4 rings (SSSR count). The van der Waals surface area contributed by atoms with Crippen molar-refractivity contribution in [3.8, 4) is 0 Å². The van der Waals surface area contributed by atoms with E-state index in [2.05, 4.69) is 5.32 Å². The number of cyclic esters (lactones) is 1. The van der Waals surface area contributed by atoms with Crippen LogP contribution in [0.15, 0.2) is 36.4 Å². The van der Waals surface area contributed by atoms with Crippen molar-refractivity contribution in [1.29, 1.82) is 0 Å². The summed E-state index contributed by atoms with van der Waals surface area (Å²) in [6.07, 6.45) is -1.49. The summed E-state index contributed by atoms with van der Waals surface area (Å²) in [4.78, 5) is 67.0. The average Bonchev–Trinajstić information content (AvgIpc) is 3.52. The summed E-state index contributed by atoms with van der Waals surface area (Å²) in [7, 11) is 0. The Kier molecular flexibility index (Phi) is 11.1. The molecule has 2 aliphatic heterocycles. The largest absolute Gasteiger partial charge is 0.480 e. The van der Waals surface area contributed by atoms with Crippen molar-refractivity contribution in [2.75, 3.05) is 49.2 Å². The van der Waals surface area contributed by atoms with Crippen LogP contribution in [-0.4, -0.2) is 91.3 Å². The number of rotatable bonds is 10. The number of ether oxygens (including phenoxy) is 2. The summed E-state index contributed by atoms with van der Waals surface area (Å²) in [5.41, 5.74) is 1.20. The molecule has 2 aliphatic rings. The van der Waals surface area contributed by atoms with Crippen LogP contribution in [0.5, 0.6) is 0 Å². The lowest BCUT2D eigenvalue weighted by atomic mass is 10.1. The molecule has 1 aromatic heterocycles. The molecule has 0 bridgehead atoms. The zero-order valence-electron chi connectivity index (χ0n) is 22.3. The lowest BCUT2D eigenvalue weighted by Crippen LogP contribution is -2.50. The number of nitrogens with zero attached hydrogens (tertiary/aromatic N) is 3. The maximum atomic E-state index is 13.3. The number of imide groups is 1. The van der Waals surface area contributed by atoms with Crippen molar-refractivity contribution >= 4 is 76.5 Å². The van der Waals surface area contributed by atoms with Crippen molar-refractivity contribution in [1.82, 2.24) is 10.2 Å². The Morgan fingerprint density at radius 1 is 1.12 bits per heavy atom. The van der Waals surface area contributed by atoms with Gasteiger partial charge in [0.25, 0.3) is 11.8 Å². The summed E-state index contributed by atoms with van der Waals surface area (Å²) in [6.45, 7) is 3.69. The number of carboxylic acids is 1. The molecular weight excluding hydrogens is 599 g/mol. The van der Waals surface area contributed by atoms with Crippen LogP contribution in [0.25, 0.3) is 0 Å². The van der Waals surface area contributed by atoms with Crippen molar-refractivity contribution in [2.45, 2.75) is 26.0 Å². The molecule has 41 heavy (non-hydrogen) atoms. The highest BCUT2D eigenvalue weighted by Gasteiger charge is 2.37.